The van der Waals surface area contributed by atoms with E-state index in [1.807, 2.05) is 18.2 Å². The van der Waals surface area contributed by atoms with Gasteiger partial charge < -0.3 is 0 Å². The lowest BCUT2D eigenvalue weighted by molar-refractivity contribution is 1.10. The number of para-hydroxylation sites is 3. The van der Waals surface area contributed by atoms with E-state index in [0.717, 1.165) is 105 Å². The molecule has 5 heteroatoms. The van der Waals surface area contributed by atoms with E-state index in [9.17, 15) is 0 Å². The highest BCUT2D eigenvalue weighted by atomic mass is 15.1. The zero-order valence-electron chi connectivity index (χ0n) is 34.1. The predicted octanol–water partition coefficient (Wildman–Crippen LogP) is 14.7. The van der Waals surface area contributed by atoms with E-state index in [1.54, 1.807) is 0 Å². The monoisotopic (exact) mass is 803 g/mol. The van der Waals surface area contributed by atoms with Crippen LogP contribution in [0.15, 0.2) is 224 Å². The molecule has 0 N–H and O–H groups in total. The van der Waals surface area contributed by atoms with E-state index in [4.69, 9.17) is 19.9 Å². The van der Waals surface area contributed by atoms with Crippen LogP contribution in [0.1, 0.15) is 0 Å². The fourth-order valence-electron chi connectivity index (χ4n) is 8.92. The molecule has 0 unspecified atom stereocenters. The topological polar surface area (TPSA) is 56.5 Å². The minimum Gasteiger partial charge on any atom is -0.292 e. The van der Waals surface area contributed by atoms with E-state index in [-0.39, 0.29) is 0 Å². The zero-order chi connectivity index (χ0) is 41.7. The number of imidazole rings is 1. The van der Waals surface area contributed by atoms with Gasteiger partial charge in [0.15, 0.2) is 5.82 Å². The number of pyridine rings is 1. The van der Waals surface area contributed by atoms with Crippen LogP contribution in [0.3, 0.4) is 0 Å². The van der Waals surface area contributed by atoms with Gasteiger partial charge in [-0.15, -0.1) is 0 Å². The van der Waals surface area contributed by atoms with E-state index in [1.165, 1.54) is 5.56 Å². The maximum absolute atomic E-state index is 5.45. The number of nitrogens with zero attached hydrogens (tertiary/aromatic N) is 5. The van der Waals surface area contributed by atoms with Gasteiger partial charge in [-0.25, -0.2) is 19.9 Å². The summed E-state index contributed by atoms with van der Waals surface area (Å²) >= 11 is 0. The van der Waals surface area contributed by atoms with Crippen LogP contribution in [0.4, 0.5) is 0 Å². The van der Waals surface area contributed by atoms with Crippen molar-refractivity contribution in [2.75, 3.05) is 0 Å². The van der Waals surface area contributed by atoms with Crippen LogP contribution in [0, 0.1) is 0 Å². The van der Waals surface area contributed by atoms with Crippen LogP contribution in [-0.4, -0.2) is 24.5 Å². The molecule has 0 amide bonds. The Morgan fingerprint density at radius 1 is 0.286 bits per heavy atom. The largest absolute Gasteiger partial charge is 0.292 e. The normalized spacial score (nSPS) is 11.5. The van der Waals surface area contributed by atoms with Gasteiger partial charge in [-0.3, -0.25) is 4.57 Å². The summed E-state index contributed by atoms with van der Waals surface area (Å²) in [4.78, 5) is 21.0. The molecule has 0 aliphatic rings. The van der Waals surface area contributed by atoms with E-state index in [2.05, 4.69) is 211 Å². The molecule has 0 bridgehead atoms. The summed E-state index contributed by atoms with van der Waals surface area (Å²) in [7, 11) is 0. The number of fused-ring (bicyclic) bond motifs is 6. The molecular formula is C58H37N5. The highest BCUT2D eigenvalue weighted by molar-refractivity contribution is 6.20. The van der Waals surface area contributed by atoms with Crippen LogP contribution in [0.5, 0.6) is 0 Å². The smallest absolute Gasteiger partial charge is 0.160 e. The average molecular weight is 804 g/mol. The Morgan fingerprint density at radius 2 is 0.762 bits per heavy atom. The van der Waals surface area contributed by atoms with E-state index >= 15 is 0 Å². The van der Waals surface area contributed by atoms with Crippen molar-refractivity contribution >= 4 is 43.6 Å². The van der Waals surface area contributed by atoms with Gasteiger partial charge in [0.2, 0.25) is 0 Å². The van der Waals surface area contributed by atoms with Crippen molar-refractivity contribution < 1.29 is 0 Å². The van der Waals surface area contributed by atoms with Gasteiger partial charge in [0.1, 0.15) is 5.82 Å². The lowest BCUT2D eigenvalue weighted by atomic mass is 9.96. The first-order chi connectivity index (χ1) is 31.2. The lowest BCUT2D eigenvalue weighted by Gasteiger charge is -2.13. The van der Waals surface area contributed by atoms with Crippen LogP contribution in [-0.2, 0) is 0 Å². The predicted molar refractivity (Wildman–Crippen MR) is 260 cm³/mol. The fourth-order valence-corrected chi connectivity index (χ4v) is 8.92. The minimum atomic E-state index is 0.707. The molecule has 3 aromatic heterocycles. The Morgan fingerprint density at radius 3 is 1.40 bits per heavy atom. The summed E-state index contributed by atoms with van der Waals surface area (Å²) in [5.41, 5.74) is 15.4. The molecule has 0 radical (unpaired) electrons. The Hall–Kier alpha value is -8.54. The molecule has 0 saturated carbocycles. The van der Waals surface area contributed by atoms with Crippen molar-refractivity contribution in [1.29, 1.82) is 0 Å². The first-order valence-corrected chi connectivity index (χ1v) is 21.2. The number of benzene rings is 9. The second-order valence-electron chi connectivity index (χ2n) is 15.8. The Kier molecular flexibility index (Phi) is 8.75. The second kappa shape index (κ2) is 15.2. The number of hydrogen-bond donors (Lipinski definition) is 0. The maximum Gasteiger partial charge on any atom is 0.160 e. The SMILES string of the molecule is c1ccc(-c2ccc(-c3nc(-c4ccc(-c5ccc(-c6nc7ccccc7c7ccc8c(nc(-c9ccccc9)n8-c8ccccc8)c67)cc5)cc4)c4ccccc4n3)cc2)cc1. The maximum atomic E-state index is 5.45. The molecule has 0 saturated heterocycles. The third-order valence-corrected chi connectivity index (χ3v) is 12.0. The highest BCUT2D eigenvalue weighted by Crippen LogP contribution is 2.40. The molecule has 3 heterocycles. The van der Waals surface area contributed by atoms with E-state index < -0.39 is 0 Å². The van der Waals surface area contributed by atoms with Crippen LogP contribution < -0.4 is 0 Å². The van der Waals surface area contributed by atoms with Crippen LogP contribution in [0.25, 0.3) is 117 Å². The molecule has 0 atom stereocenters. The van der Waals surface area contributed by atoms with Gasteiger partial charge >= 0.3 is 0 Å². The Balaban J connectivity index is 0.932. The molecule has 5 nitrogen and oxygen atoms in total. The van der Waals surface area contributed by atoms with Crippen molar-refractivity contribution in [3.8, 4) is 73.2 Å². The molecular weight excluding hydrogens is 767 g/mol. The Bertz CT molecular complexity index is 3620. The molecule has 0 spiro atoms. The molecule has 12 rings (SSSR count). The van der Waals surface area contributed by atoms with Crippen molar-refractivity contribution in [2.45, 2.75) is 0 Å². The minimum absolute atomic E-state index is 0.707. The highest BCUT2D eigenvalue weighted by Gasteiger charge is 2.21. The lowest BCUT2D eigenvalue weighted by Crippen LogP contribution is -1.97. The van der Waals surface area contributed by atoms with Gasteiger partial charge in [-0.05, 0) is 58.0 Å². The second-order valence-corrected chi connectivity index (χ2v) is 15.8. The summed E-state index contributed by atoms with van der Waals surface area (Å²) in [6.45, 7) is 0. The summed E-state index contributed by atoms with van der Waals surface area (Å²) < 4.78 is 2.27. The fraction of sp³-hybridized carbons (Fsp3) is 0. The Labute approximate surface area is 364 Å². The molecule has 9 aromatic carbocycles. The van der Waals surface area contributed by atoms with Gasteiger partial charge in [-0.1, -0.05) is 194 Å². The summed E-state index contributed by atoms with van der Waals surface area (Å²) in [5.74, 6) is 1.60. The molecule has 0 fully saturated rings. The van der Waals surface area contributed by atoms with Crippen molar-refractivity contribution in [3.63, 3.8) is 0 Å². The molecule has 0 aliphatic carbocycles. The van der Waals surface area contributed by atoms with Crippen LogP contribution in [0.2, 0.25) is 0 Å². The van der Waals surface area contributed by atoms with Crippen LogP contribution >= 0.6 is 0 Å². The standard InChI is InChI=1S/C58H37N5/c1-4-14-38(15-5-1)39-28-34-44(35-29-39)57-60-51-23-13-11-21-49(51)54(61-57)42-30-24-40(25-31-42)41-26-32-43(33-27-41)55-53-48(47-20-10-12-22-50(47)59-55)36-37-52-56(53)62-58(45-16-6-2-7-17-45)63(52)46-18-8-3-9-19-46/h1-37H. The van der Waals surface area contributed by atoms with E-state index in [0.29, 0.717) is 5.82 Å². The number of aromatic nitrogens is 5. The summed E-state index contributed by atoms with van der Waals surface area (Å²) in [6, 6.07) is 78.4. The zero-order valence-corrected chi connectivity index (χ0v) is 34.1. The third kappa shape index (κ3) is 6.42. The number of hydrogen-bond acceptors (Lipinski definition) is 4. The molecule has 294 valence electrons. The van der Waals surface area contributed by atoms with Gasteiger partial charge in [0.05, 0.1) is 33.5 Å². The first kappa shape index (κ1) is 36.3. The molecule has 63 heavy (non-hydrogen) atoms. The first-order valence-electron chi connectivity index (χ1n) is 21.2. The van der Waals surface area contributed by atoms with Gasteiger partial charge in [-0.2, -0.15) is 0 Å². The van der Waals surface area contributed by atoms with Crippen molar-refractivity contribution in [1.82, 2.24) is 24.5 Å². The quantitative estimate of drug-likeness (QED) is 0.151. The van der Waals surface area contributed by atoms with Gasteiger partial charge in [0.25, 0.3) is 0 Å². The molecule has 0 aliphatic heterocycles. The average Bonchev–Trinajstić information content (AvgIpc) is 3.77. The summed E-state index contributed by atoms with van der Waals surface area (Å²) in [6.07, 6.45) is 0. The summed E-state index contributed by atoms with van der Waals surface area (Å²) in [5, 5.41) is 4.30. The molecule has 12 aromatic rings. The third-order valence-electron chi connectivity index (χ3n) is 12.0. The van der Waals surface area contributed by atoms with Crippen molar-refractivity contribution in [3.05, 3.63) is 224 Å². The van der Waals surface area contributed by atoms with Gasteiger partial charge in [0, 0.05) is 44.1 Å². The number of rotatable bonds is 7. The van der Waals surface area contributed by atoms with Crippen molar-refractivity contribution in [2.24, 2.45) is 0 Å².